The number of hydrogen-bond donors (Lipinski definition) is 1. The topological polar surface area (TPSA) is 80.4 Å². The maximum atomic E-state index is 11.0. The quantitative estimate of drug-likeness (QED) is 0.734. The fraction of sp³-hybridized carbons (Fsp3) is 0. The molecule has 0 fully saturated rings. The van der Waals surface area contributed by atoms with Crippen molar-refractivity contribution in [3.8, 4) is 11.3 Å². The Balaban J connectivity index is 2.33. The minimum absolute atomic E-state index is 0.0122. The molecule has 0 amide bonds. The molecular formula is C12H8N4O2. The highest BCUT2D eigenvalue weighted by Gasteiger charge is 2.12. The summed E-state index contributed by atoms with van der Waals surface area (Å²) >= 11 is 0. The second-order valence-electron chi connectivity index (χ2n) is 3.67. The monoisotopic (exact) mass is 240 g/mol. The van der Waals surface area contributed by atoms with Crippen molar-refractivity contribution >= 4 is 11.6 Å². The predicted octanol–water partition coefficient (Wildman–Crippen LogP) is 1.49. The Bertz CT molecular complexity index is 721. The zero-order chi connectivity index (χ0) is 12.5. The van der Waals surface area contributed by atoms with E-state index < -0.39 is 5.97 Å². The molecule has 0 atom stereocenters. The third kappa shape index (κ3) is 1.60. The Morgan fingerprint density at radius 1 is 1.28 bits per heavy atom. The molecule has 3 rings (SSSR count). The van der Waals surface area contributed by atoms with Crippen LogP contribution in [-0.2, 0) is 0 Å². The van der Waals surface area contributed by atoms with Gasteiger partial charge in [-0.3, -0.25) is 4.98 Å². The molecule has 0 radical (unpaired) electrons. The Labute approximate surface area is 102 Å². The van der Waals surface area contributed by atoms with E-state index in [1.54, 1.807) is 35.2 Å². The van der Waals surface area contributed by atoms with Gasteiger partial charge in [-0.2, -0.15) is 5.10 Å². The van der Waals surface area contributed by atoms with E-state index in [4.69, 9.17) is 5.11 Å². The average molecular weight is 240 g/mol. The molecule has 6 heteroatoms. The van der Waals surface area contributed by atoms with Crippen LogP contribution in [0.5, 0.6) is 0 Å². The molecule has 0 spiro atoms. The first-order valence-corrected chi connectivity index (χ1v) is 5.24. The number of carboxylic acids is 1. The smallest absolute Gasteiger partial charge is 0.354 e. The Morgan fingerprint density at radius 3 is 2.89 bits per heavy atom. The van der Waals surface area contributed by atoms with Gasteiger partial charge >= 0.3 is 5.97 Å². The van der Waals surface area contributed by atoms with Gasteiger partial charge in [-0.05, 0) is 18.2 Å². The van der Waals surface area contributed by atoms with E-state index in [2.05, 4.69) is 15.1 Å². The van der Waals surface area contributed by atoms with Crippen LogP contribution in [0.3, 0.4) is 0 Å². The fourth-order valence-electron chi connectivity index (χ4n) is 1.74. The van der Waals surface area contributed by atoms with Crippen molar-refractivity contribution in [3.05, 3.63) is 48.5 Å². The summed E-state index contributed by atoms with van der Waals surface area (Å²) in [6, 6.07) is 6.77. The summed E-state index contributed by atoms with van der Waals surface area (Å²) in [7, 11) is 0. The van der Waals surface area contributed by atoms with E-state index in [-0.39, 0.29) is 5.69 Å². The van der Waals surface area contributed by atoms with Crippen LogP contribution in [0.15, 0.2) is 42.9 Å². The summed E-state index contributed by atoms with van der Waals surface area (Å²) in [6.07, 6.45) is 4.89. The van der Waals surface area contributed by atoms with E-state index >= 15 is 0 Å². The third-order valence-corrected chi connectivity index (χ3v) is 2.54. The Morgan fingerprint density at radius 2 is 2.17 bits per heavy atom. The molecule has 0 bridgehead atoms. The molecule has 18 heavy (non-hydrogen) atoms. The predicted molar refractivity (Wildman–Crippen MR) is 63.2 cm³/mol. The largest absolute Gasteiger partial charge is 0.477 e. The van der Waals surface area contributed by atoms with Crippen molar-refractivity contribution in [2.45, 2.75) is 0 Å². The van der Waals surface area contributed by atoms with Gasteiger partial charge in [0.2, 0.25) is 0 Å². The molecule has 0 aromatic carbocycles. The third-order valence-electron chi connectivity index (χ3n) is 2.54. The molecular weight excluding hydrogens is 232 g/mol. The average Bonchev–Trinajstić information content (AvgIpc) is 2.86. The summed E-state index contributed by atoms with van der Waals surface area (Å²) < 4.78 is 1.59. The number of aromatic nitrogens is 4. The minimum Gasteiger partial charge on any atom is -0.477 e. The van der Waals surface area contributed by atoms with E-state index in [1.807, 2.05) is 6.07 Å². The van der Waals surface area contributed by atoms with Crippen molar-refractivity contribution < 1.29 is 9.90 Å². The number of pyridine rings is 1. The molecule has 0 aliphatic rings. The number of nitrogens with zero attached hydrogens (tertiary/aromatic N) is 4. The van der Waals surface area contributed by atoms with Gasteiger partial charge in [0.1, 0.15) is 0 Å². The van der Waals surface area contributed by atoms with Crippen LogP contribution in [0, 0.1) is 0 Å². The molecule has 0 aliphatic carbocycles. The van der Waals surface area contributed by atoms with Crippen LogP contribution in [0.2, 0.25) is 0 Å². The molecule has 3 heterocycles. The van der Waals surface area contributed by atoms with Gasteiger partial charge in [0.05, 0.1) is 11.9 Å². The summed E-state index contributed by atoms with van der Waals surface area (Å²) in [5.74, 6) is -1.07. The van der Waals surface area contributed by atoms with Crippen LogP contribution in [0.25, 0.3) is 16.9 Å². The number of hydrogen-bond acceptors (Lipinski definition) is 4. The highest BCUT2D eigenvalue weighted by molar-refractivity contribution is 5.87. The van der Waals surface area contributed by atoms with Crippen molar-refractivity contribution in [3.63, 3.8) is 0 Å². The molecule has 0 unspecified atom stereocenters. The maximum absolute atomic E-state index is 11.0. The van der Waals surface area contributed by atoms with Crippen LogP contribution in [0.4, 0.5) is 0 Å². The van der Waals surface area contributed by atoms with Gasteiger partial charge in [0, 0.05) is 24.0 Å². The first-order valence-electron chi connectivity index (χ1n) is 5.24. The first-order chi connectivity index (χ1) is 8.75. The van der Waals surface area contributed by atoms with E-state index in [1.165, 1.54) is 6.07 Å². The summed E-state index contributed by atoms with van der Waals surface area (Å²) in [5.41, 5.74) is 1.92. The molecule has 88 valence electrons. The standard InChI is InChI=1S/C12H8N4O2/c17-12(18)9-6-10(8-2-1-4-13-7-8)16-11(15-9)3-5-14-16/h1-7H,(H,17,18). The highest BCUT2D eigenvalue weighted by atomic mass is 16.4. The number of fused-ring (bicyclic) bond motifs is 1. The van der Waals surface area contributed by atoms with Gasteiger partial charge in [-0.25, -0.2) is 14.3 Å². The zero-order valence-electron chi connectivity index (χ0n) is 9.19. The van der Waals surface area contributed by atoms with Crippen LogP contribution >= 0.6 is 0 Å². The molecule has 0 saturated heterocycles. The van der Waals surface area contributed by atoms with Crippen LogP contribution in [-0.4, -0.2) is 30.7 Å². The molecule has 3 aromatic rings. The number of aromatic carboxylic acids is 1. The lowest BCUT2D eigenvalue weighted by molar-refractivity contribution is 0.0690. The van der Waals surface area contributed by atoms with E-state index in [0.717, 1.165) is 5.56 Å². The van der Waals surface area contributed by atoms with Crippen molar-refractivity contribution in [2.75, 3.05) is 0 Å². The van der Waals surface area contributed by atoms with Gasteiger partial charge in [0.25, 0.3) is 0 Å². The molecule has 0 saturated carbocycles. The Hall–Kier alpha value is -2.76. The maximum Gasteiger partial charge on any atom is 0.354 e. The number of carbonyl (C=O) groups is 1. The zero-order valence-corrected chi connectivity index (χ0v) is 9.19. The van der Waals surface area contributed by atoms with Crippen LogP contribution < -0.4 is 0 Å². The second-order valence-corrected chi connectivity index (χ2v) is 3.67. The fourth-order valence-corrected chi connectivity index (χ4v) is 1.74. The van der Waals surface area contributed by atoms with Crippen molar-refractivity contribution in [2.24, 2.45) is 0 Å². The lowest BCUT2D eigenvalue weighted by Crippen LogP contribution is -2.05. The first kappa shape index (κ1) is 10.4. The van der Waals surface area contributed by atoms with Crippen molar-refractivity contribution in [1.29, 1.82) is 0 Å². The van der Waals surface area contributed by atoms with Gasteiger partial charge in [-0.1, -0.05) is 0 Å². The number of rotatable bonds is 2. The summed E-state index contributed by atoms with van der Waals surface area (Å²) in [6.45, 7) is 0. The molecule has 1 N–H and O–H groups in total. The SMILES string of the molecule is O=C(O)c1cc(-c2cccnc2)n2nccc2n1. The molecule has 3 aromatic heterocycles. The molecule has 6 nitrogen and oxygen atoms in total. The van der Waals surface area contributed by atoms with E-state index in [9.17, 15) is 4.79 Å². The number of carboxylic acid groups (broad SMARTS) is 1. The lowest BCUT2D eigenvalue weighted by atomic mass is 10.2. The van der Waals surface area contributed by atoms with Gasteiger partial charge in [0.15, 0.2) is 11.3 Å². The summed E-state index contributed by atoms with van der Waals surface area (Å²) in [5, 5.41) is 13.2. The highest BCUT2D eigenvalue weighted by Crippen LogP contribution is 2.19. The van der Waals surface area contributed by atoms with Crippen LogP contribution in [0.1, 0.15) is 10.5 Å². The Kier molecular flexibility index (Phi) is 2.26. The second kappa shape index (κ2) is 3.92. The normalized spacial score (nSPS) is 10.7. The van der Waals surface area contributed by atoms with Crippen molar-refractivity contribution in [1.82, 2.24) is 19.6 Å². The van der Waals surface area contributed by atoms with E-state index in [0.29, 0.717) is 11.3 Å². The minimum atomic E-state index is -1.07. The van der Waals surface area contributed by atoms with Gasteiger partial charge in [-0.15, -0.1) is 0 Å². The lowest BCUT2D eigenvalue weighted by Gasteiger charge is -2.05. The summed E-state index contributed by atoms with van der Waals surface area (Å²) in [4.78, 5) is 19.1. The van der Waals surface area contributed by atoms with Gasteiger partial charge < -0.3 is 5.11 Å². The molecule has 0 aliphatic heterocycles.